The van der Waals surface area contributed by atoms with Crippen LogP contribution in [0.2, 0.25) is 0 Å². The molecule has 0 N–H and O–H groups in total. The first-order valence-corrected chi connectivity index (χ1v) is 7.78. The fraction of sp³-hybridized carbons (Fsp3) is 0.647. The van der Waals surface area contributed by atoms with Crippen LogP contribution >= 0.6 is 0 Å². The monoisotopic (exact) mass is 308 g/mol. The van der Waals surface area contributed by atoms with Gasteiger partial charge in [-0.25, -0.2) is 0 Å². The SMILES string of the molecule is CC[C@H]1O[C@@H]2OC(C)(C)O[C@@H]2[C@H]1OCc1ccccc1OC. The van der Waals surface area contributed by atoms with Gasteiger partial charge < -0.3 is 23.7 Å². The lowest BCUT2D eigenvalue weighted by atomic mass is 10.1. The highest BCUT2D eigenvalue weighted by Gasteiger charge is 2.54. The van der Waals surface area contributed by atoms with E-state index in [9.17, 15) is 0 Å². The van der Waals surface area contributed by atoms with Crippen molar-refractivity contribution < 1.29 is 23.7 Å². The molecule has 0 radical (unpaired) electrons. The summed E-state index contributed by atoms with van der Waals surface area (Å²) < 4.78 is 29.2. The smallest absolute Gasteiger partial charge is 0.190 e. The maximum Gasteiger partial charge on any atom is 0.190 e. The number of hydrogen-bond donors (Lipinski definition) is 0. The fourth-order valence-electron chi connectivity index (χ4n) is 3.09. The summed E-state index contributed by atoms with van der Waals surface area (Å²) in [5.74, 6) is 0.204. The second kappa shape index (κ2) is 6.16. The molecule has 0 bridgehead atoms. The molecular formula is C17H24O5. The Morgan fingerprint density at radius 3 is 2.68 bits per heavy atom. The highest BCUT2D eigenvalue weighted by atomic mass is 16.8. The van der Waals surface area contributed by atoms with Gasteiger partial charge in [-0.2, -0.15) is 0 Å². The third-order valence-electron chi connectivity index (χ3n) is 4.11. The minimum absolute atomic E-state index is 0.0131. The molecule has 0 spiro atoms. The first-order valence-electron chi connectivity index (χ1n) is 7.78. The lowest BCUT2D eigenvalue weighted by Crippen LogP contribution is -2.36. The van der Waals surface area contributed by atoms with Crippen LogP contribution in [0.3, 0.4) is 0 Å². The van der Waals surface area contributed by atoms with Crippen LogP contribution in [0.15, 0.2) is 24.3 Å². The van der Waals surface area contributed by atoms with Gasteiger partial charge in [0.25, 0.3) is 0 Å². The van der Waals surface area contributed by atoms with Gasteiger partial charge in [-0.15, -0.1) is 0 Å². The summed E-state index contributed by atoms with van der Waals surface area (Å²) in [6.45, 7) is 6.33. The van der Waals surface area contributed by atoms with Crippen molar-refractivity contribution in [2.45, 2.75) is 64.2 Å². The van der Waals surface area contributed by atoms with Crippen molar-refractivity contribution in [3.8, 4) is 5.75 Å². The predicted molar refractivity (Wildman–Crippen MR) is 80.6 cm³/mol. The molecule has 0 amide bonds. The molecule has 4 atom stereocenters. The Morgan fingerprint density at radius 1 is 1.18 bits per heavy atom. The van der Waals surface area contributed by atoms with E-state index in [2.05, 4.69) is 6.92 Å². The Labute approximate surface area is 131 Å². The molecule has 3 rings (SSSR count). The fourth-order valence-corrected chi connectivity index (χ4v) is 3.09. The van der Waals surface area contributed by atoms with E-state index in [0.717, 1.165) is 17.7 Å². The highest BCUT2D eigenvalue weighted by molar-refractivity contribution is 5.32. The third kappa shape index (κ3) is 2.99. The Kier molecular flexibility index (Phi) is 4.41. The van der Waals surface area contributed by atoms with E-state index >= 15 is 0 Å². The number of methoxy groups -OCH3 is 1. The maximum atomic E-state index is 6.13. The second-order valence-corrected chi connectivity index (χ2v) is 6.14. The molecule has 0 aliphatic carbocycles. The first-order chi connectivity index (χ1) is 10.5. The van der Waals surface area contributed by atoms with Gasteiger partial charge >= 0.3 is 0 Å². The summed E-state index contributed by atoms with van der Waals surface area (Å²) >= 11 is 0. The standard InChI is InChI=1S/C17H24O5/c1-5-12-14(15-16(20-12)22-17(2,3)21-15)19-10-11-8-6-7-9-13(11)18-4/h6-9,12,14-16H,5,10H2,1-4H3/t12-,14+,15-,16-/m1/s1. The van der Waals surface area contributed by atoms with E-state index in [1.165, 1.54) is 0 Å². The van der Waals surface area contributed by atoms with Gasteiger partial charge in [0.2, 0.25) is 0 Å². The van der Waals surface area contributed by atoms with Crippen LogP contribution in [0.5, 0.6) is 5.75 Å². The first kappa shape index (κ1) is 15.7. The average molecular weight is 308 g/mol. The molecule has 2 fully saturated rings. The molecule has 2 aliphatic rings. The lowest BCUT2D eigenvalue weighted by Gasteiger charge is -2.25. The second-order valence-electron chi connectivity index (χ2n) is 6.14. The van der Waals surface area contributed by atoms with Gasteiger partial charge in [-0.1, -0.05) is 25.1 Å². The molecular weight excluding hydrogens is 284 g/mol. The molecule has 1 aromatic rings. The van der Waals surface area contributed by atoms with Gasteiger partial charge in [0, 0.05) is 5.56 Å². The number of fused-ring (bicyclic) bond motifs is 1. The van der Waals surface area contributed by atoms with Crippen molar-refractivity contribution in [1.29, 1.82) is 0 Å². The number of para-hydroxylation sites is 1. The zero-order chi connectivity index (χ0) is 15.7. The van der Waals surface area contributed by atoms with Crippen molar-refractivity contribution in [2.24, 2.45) is 0 Å². The normalized spacial score (nSPS) is 32.9. The van der Waals surface area contributed by atoms with E-state index in [0.29, 0.717) is 6.61 Å². The van der Waals surface area contributed by atoms with Crippen molar-refractivity contribution in [1.82, 2.24) is 0 Å². The van der Waals surface area contributed by atoms with Crippen LogP contribution in [-0.2, 0) is 25.6 Å². The number of hydrogen-bond acceptors (Lipinski definition) is 5. The van der Waals surface area contributed by atoms with Crippen molar-refractivity contribution >= 4 is 0 Å². The van der Waals surface area contributed by atoms with Crippen molar-refractivity contribution in [3.63, 3.8) is 0 Å². The van der Waals surface area contributed by atoms with Gasteiger partial charge in [0.05, 0.1) is 19.8 Å². The van der Waals surface area contributed by atoms with Gasteiger partial charge in [-0.05, 0) is 26.3 Å². The minimum atomic E-state index is -0.625. The molecule has 0 unspecified atom stereocenters. The van der Waals surface area contributed by atoms with E-state index in [4.69, 9.17) is 23.7 Å². The Balaban J connectivity index is 1.70. The lowest BCUT2D eigenvalue weighted by molar-refractivity contribution is -0.219. The minimum Gasteiger partial charge on any atom is -0.496 e. The van der Waals surface area contributed by atoms with Crippen molar-refractivity contribution in [2.75, 3.05) is 7.11 Å². The quantitative estimate of drug-likeness (QED) is 0.837. The predicted octanol–water partition coefficient (Wildman–Crippen LogP) is 2.87. The summed E-state index contributed by atoms with van der Waals surface area (Å²) in [6.07, 6.45) is 0.177. The maximum absolute atomic E-state index is 6.13. The Hall–Kier alpha value is -1.14. The largest absolute Gasteiger partial charge is 0.496 e. The van der Waals surface area contributed by atoms with Gasteiger partial charge in [0.1, 0.15) is 18.0 Å². The summed E-state index contributed by atoms with van der Waals surface area (Å²) in [4.78, 5) is 0. The summed E-state index contributed by atoms with van der Waals surface area (Å²) in [7, 11) is 1.67. The zero-order valence-electron chi connectivity index (χ0n) is 13.6. The van der Waals surface area contributed by atoms with Crippen LogP contribution in [0, 0.1) is 0 Å². The van der Waals surface area contributed by atoms with E-state index in [1.807, 2.05) is 38.1 Å². The molecule has 2 saturated heterocycles. The third-order valence-corrected chi connectivity index (χ3v) is 4.11. The van der Waals surface area contributed by atoms with Crippen LogP contribution < -0.4 is 4.74 Å². The molecule has 0 saturated carbocycles. The van der Waals surface area contributed by atoms with Crippen LogP contribution in [0.4, 0.5) is 0 Å². The molecule has 5 heteroatoms. The van der Waals surface area contributed by atoms with Gasteiger partial charge in [0.15, 0.2) is 12.1 Å². The van der Waals surface area contributed by atoms with Crippen LogP contribution in [0.25, 0.3) is 0 Å². The summed E-state index contributed by atoms with van der Waals surface area (Å²) in [5.41, 5.74) is 1.02. The number of rotatable bonds is 5. The van der Waals surface area contributed by atoms with Gasteiger partial charge in [-0.3, -0.25) is 0 Å². The topological polar surface area (TPSA) is 46.2 Å². The molecule has 5 nitrogen and oxygen atoms in total. The molecule has 122 valence electrons. The molecule has 2 heterocycles. The molecule has 22 heavy (non-hydrogen) atoms. The van der Waals surface area contributed by atoms with E-state index < -0.39 is 5.79 Å². The molecule has 0 aromatic heterocycles. The van der Waals surface area contributed by atoms with Crippen LogP contribution in [0.1, 0.15) is 32.8 Å². The summed E-state index contributed by atoms with van der Waals surface area (Å²) in [5, 5.41) is 0. The molecule has 1 aromatic carbocycles. The average Bonchev–Trinajstić information content (AvgIpc) is 2.96. The van der Waals surface area contributed by atoms with Crippen molar-refractivity contribution in [3.05, 3.63) is 29.8 Å². The molecule has 2 aliphatic heterocycles. The number of ether oxygens (including phenoxy) is 5. The summed E-state index contributed by atoms with van der Waals surface area (Å²) in [6, 6.07) is 7.86. The Morgan fingerprint density at radius 2 is 1.95 bits per heavy atom. The van der Waals surface area contributed by atoms with Crippen LogP contribution in [-0.4, -0.2) is 37.5 Å². The van der Waals surface area contributed by atoms with E-state index in [-0.39, 0.29) is 24.6 Å². The highest BCUT2D eigenvalue weighted by Crippen LogP contribution is 2.40. The van der Waals surface area contributed by atoms with E-state index in [1.54, 1.807) is 7.11 Å². The number of benzene rings is 1. The zero-order valence-corrected chi connectivity index (χ0v) is 13.6. The Bertz CT molecular complexity index is 516.